The fourth-order valence-corrected chi connectivity index (χ4v) is 2.68. The summed E-state index contributed by atoms with van der Waals surface area (Å²) in [5, 5.41) is 13.0. The van der Waals surface area contributed by atoms with Gasteiger partial charge in [0.2, 0.25) is 0 Å². The number of aromatic nitrogens is 1. The van der Waals surface area contributed by atoms with Gasteiger partial charge in [-0.2, -0.15) is 0 Å². The second-order valence-electron chi connectivity index (χ2n) is 5.36. The third-order valence-corrected chi connectivity index (χ3v) is 4.13. The van der Waals surface area contributed by atoms with Gasteiger partial charge >= 0.3 is 5.97 Å². The number of esters is 1. The van der Waals surface area contributed by atoms with Gasteiger partial charge in [0.1, 0.15) is 16.8 Å². The lowest BCUT2D eigenvalue weighted by Gasteiger charge is -2.15. The average Bonchev–Trinajstić information content (AvgIpc) is 2.62. The Balaban J connectivity index is 2.37. The van der Waals surface area contributed by atoms with Gasteiger partial charge in [-0.05, 0) is 25.1 Å². The first-order valence-electron chi connectivity index (χ1n) is 7.40. The summed E-state index contributed by atoms with van der Waals surface area (Å²) in [5.74, 6) is -1.40. The molecule has 1 atom stereocenters. The Bertz CT molecular complexity index is 989. The minimum absolute atomic E-state index is 0.00228. The Morgan fingerprint density at radius 3 is 2.52 bits per heavy atom. The first-order valence-corrected chi connectivity index (χ1v) is 8.16. The molecule has 1 aromatic carbocycles. The second-order valence-corrected chi connectivity index (χ2v) is 6.20. The molecule has 0 radical (unpaired) electrons. The number of nitro groups is 1. The number of benzene rings is 1. The number of hydrogen-bond donors (Lipinski definition) is 1. The summed E-state index contributed by atoms with van der Waals surface area (Å²) in [6.45, 7) is 1.44. The summed E-state index contributed by atoms with van der Waals surface area (Å²) in [6, 6.07) is 3.63. The maximum absolute atomic E-state index is 12.5. The van der Waals surface area contributed by atoms with Crippen molar-refractivity contribution in [3.05, 3.63) is 66.5 Å². The van der Waals surface area contributed by atoms with E-state index >= 15 is 0 Å². The highest BCUT2D eigenvalue weighted by atomic mass is 35.5. The molecule has 0 aliphatic rings. The van der Waals surface area contributed by atoms with Crippen molar-refractivity contribution in [2.75, 3.05) is 12.4 Å². The van der Waals surface area contributed by atoms with Crippen molar-refractivity contribution < 1.29 is 19.2 Å². The van der Waals surface area contributed by atoms with Gasteiger partial charge in [0.25, 0.3) is 17.2 Å². The van der Waals surface area contributed by atoms with Gasteiger partial charge in [0, 0.05) is 17.8 Å². The lowest BCUT2D eigenvalue weighted by atomic mass is 10.2. The highest BCUT2D eigenvalue weighted by molar-refractivity contribution is 6.33. The number of amides is 1. The van der Waals surface area contributed by atoms with E-state index in [-0.39, 0.29) is 27.0 Å². The summed E-state index contributed by atoms with van der Waals surface area (Å²) < 4.78 is 5.62. The minimum Gasteiger partial charge on any atom is -0.467 e. The van der Waals surface area contributed by atoms with Crippen molar-refractivity contribution in [2.24, 2.45) is 0 Å². The van der Waals surface area contributed by atoms with Crippen LogP contribution in [0, 0.1) is 10.1 Å². The normalized spacial score (nSPS) is 11.6. The zero-order valence-corrected chi connectivity index (χ0v) is 15.6. The first-order chi connectivity index (χ1) is 12.6. The zero-order chi connectivity index (χ0) is 20.3. The van der Waals surface area contributed by atoms with E-state index in [0.717, 1.165) is 16.7 Å². The van der Waals surface area contributed by atoms with Crippen molar-refractivity contribution in [3.63, 3.8) is 0 Å². The van der Waals surface area contributed by atoms with Crippen LogP contribution < -0.4 is 10.9 Å². The molecule has 1 aromatic heterocycles. The molecule has 11 heteroatoms. The molecule has 1 unspecified atom stereocenters. The number of nitrogens with zero attached hydrogens (tertiary/aromatic N) is 2. The third kappa shape index (κ3) is 4.44. The van der Waals surface area contributed by atoms with E-state index in [1.165, 1.54) is 32.4 Å². The number of pyridine rings is 1. The standard InChI is InChI=1S/C16H13Cl2N3O6/c1-8(16(24)27-2)20-7-10(17)6-12(15(20)23)19-14(22)9-3-4-13(21(25)26)11(18)5-9/h3-8H,1-2H3,(H,19,22). The van der Waals surface area contributed by atoms with Crippen LogP contribution in [0.2, 0.25) is 10.0 Å². The summed E-state index contributed by atoms with van der Waals surface area (Å²) in [5.41, 5.74) is -1.22. The summed E-state index contributed by atoms with van der Waals surface area (Å²) in [7, 11) is 1.18. The van der Waals surface area contributed by atoms with Gasteiger partial charge < -0.3 is 10.1 Å². The molecular weight excluding hydrogens is 401 g/mol. The van der Waals surface area contributed by atoms with Gasteiger partial charge in [-0.15, -0.1) is 0 Å². The van der Waals surface area contributed by atoms with Crippen LogP contribution in [-0.2, 0) is 9.53 Å². The highest BCUT2D eigenvalue weighted by Crippen LogP contribution is 2.25. The molecule has 0 fully saturated rings. The van der Waals surface area contributed by atoms with E-state index in [2.05, 4.69) is 10.1 Å². The SMILES string of the molecule is COC(=O)C(C)n1cc(Cl)cc(NC(=O)c2ccc([N+](=O)[O-])c(Cl)c2)c1=O. The molecule has 2 aromatic rings. The molecule has 0 saturated carbocycles. The topological polar surface area (TPSA) is 121 Å². The summed E-state index contributed by atoms with van der Waals surface area (Å²) >= 11 is 11.8. The second kappa shape index (κ2) is 8.19. The van der Waals surface area contributed by atoms with Crippen LogP contribution in [0.4, 0.5) is 11.4 Å². The molecular formula is C16H13Cl2N3O6. The van der Waals surface area contributed by atoms with Crippen LogP contribution in [-0.4, -0.2) is 28.5 Å². The Hall–Kier alpha value is -2.91. The van der Waals surface area contributed by atoms with E-state index in [9.17, 15) is 24.5 Å². The Morgan fingerprint density at radius 2 is 1.96 bits per heavy atom. The molecule has 1 amide bonds. The van der Waals surface area contributed by atoms with E-state index in [1.54, 1.807) is 0 Å². The van der Waals surface area contributed by atoms with Crippen molar-refractivity contribution in [1.29, 1.82) is 0 Å². The molecule has 0 saturated heterocycles. The minimum atomic E-state index is -0.967. The summed E-state index contributed by atoms with van der Waals surface area (Å²) in [6.07, 6.45) is 1.24. The number of hydrogen-bond acceptors (Lipinski definition) is 6. The van der Waals surface area contributed by atoms with Gasteiger partial charge in [-0.1, -0.05) is 23.2 Å². The number of nitrogens with one attached hydrogen (secondary N) is 1. The predicted octanol–water partition coefficient (Wildman–Crippen LogP) is 3.05. The molecule has 0 aliphatic heterocycles. The fourth-order valence-electron chi connectivity index (χ4n) is 2.22. The Morgan fingerprint density at radius 1 is 1.30 bits per heavy atom. The smallest absolute Gasteiger partial charge is 0.328 e. The number of carbonyl (C=O) groups is 2. The van der Waals surface area contributed by atoms with E-state index < -0.39 is 28.4 Å². The van der Waals surface area contributed by atoms with E-state index in [1.807, 2.05) is 0 Å². The number of methoxy groups -OCH3 is 1. The third-order valence-electron chi connectivity index (χ3n) is 3.62. The van der Waals surface area contributed by atoms with Crippen molar-refractivity contribution in [2.45, 2.75) is 13.0 Å². The number of ether oxygens (including phenoxy) is 1. The first kappa shape index (κ1) is 20.4. The number of nitro benzene ring substituents is 1. The molecule has 142 valence electrons. The van der Waals surface area contributed by atoms with Gasteiger partial charge in [0.15, 0.2) is 0 Å². The van der Waals surface area contributed by atoms with Crippen molar-refractivity contribution in [1.82, 2.24) is 4.57 Å². The number of rotatable bonds is 5. The van der Waals surface area contributed by atoms with Gasteiger partial charge in [0.05, 0.1) is 17.1 Å². The van der Waals surface area contributed by atoms with Gasteiger partial charge in [-0.25, -0.2) is 4.79 Å². The molecule has 0 aliphatic carbocycles. The highest BCUT2D eigenvalue weighted by Gasteiger charge is 2.21. The van der Waals surface area contributed by atoms with Crippen LogP contribution in [0.3, 0.4) is 0 Å². The monoisotopic (exact) mass is 413 g/mol. The van der Waals surface area contributed by atoms with Crippen LogP contribution in [0.15, 0.2) is 35.3 Å². The van der Waals surface area contributed by atoms with Crippen molar-refractivity contribution in [3.8, 4) is 0 Å². The quantitative estimate of drug-likeness (QED) is 0.456. The van der Waals surface area contributed by atoms with E-state index in [4.69, 9.17) is 23.2 Å². The van der Waals surface area contributed by atoms with Crippen molar-refractivity contribution >= 4 is 46.5 Å². The number of halogens is 2. The summed E-state index contributed by atoms with van der Waals surface area (Å²) in [4.78, 5) is 46.7. The Kier molecular flexibility index (Phi) is 6.19. The number of carbonyl (C=O) groups excluding carboxylic acids is 2. The van der Waals surface area contributed by atoms with Crippen LogP contribution in [0.25, 0.3) is 0 Å². The molecule has 1 N–H and O–H groups in total. The molecule has 2 rings (SSSR count). The largest absolute Gasteiger partial charge is 0.467 e. The van der Waals surface area contributed by atoms with Crippen LogP contribution >= 0.6 is 23.2 Å². The zero-order valence-electron chi connectivity index (χ0n) is 14.1. The van der Waals surface area contributed by atoms with Crippen LogP contribution in [0.1, 0.15) is 23.3 Å². The fraction of sp³-hybridized carbons (Fsp3) is 0.188. The predicted molar refractivity (Wildman–Crippen MR) is 98.5 cm³/mol. The van der Waals surface area contributed by atoms with Crippen LogP contribution in [0.5, 0.6) is 0 Å². The van der Waals surface area contributed by atoms with Gasteiger partial charge in [-0.3, -0.25) is 24.3 Å². The molecule has 27 heavy (non-hydrogen) atoms. The number of anilines is 1. The molecule has 1 heterocycles. The molecule has 9 nitrogen and oxygen atoms in total. The molecule has 0 bridgehead atoms. The maximum atomic E-state index is 12.5. The average molecular weight is 414 g/mol. The lowest BCUT2D eigenvalue weighted by Crippen LogP contribution is -2.31. The Labute approximate surface area is 162 Å². The van der Waals surface area contributed by atoms with E-state index in [0.29, 0.717) is 0 Å². The lowest BCUT2D eigenvalue weighted by molar-refractivity contribution is -0.384. The molecule has 0 spiro atoms. The maximum Gasteiger partial charge on any atom is 0.328 e.